The molecule has 0 spiro atoms. The molecule has 6 nitrogen and oxygen atoms in total. The summed E-state index contributed by atoms with van der Waals surface area (Å²) in [6.45, 7) is 4.09. The third-order valence-electron chi connectivity index (χ3n) is 5.62. The van der Waals surface area contributed by atoms with Crippen molar-refractivity contribution < 1.29 is 13.2 Å². The van der Waals surface area contributed by atoms with E-state index < -0.39 is 10.0 Å². The van der Waals surface area contributed by atoms with Crippen molar-refractivity contribution in [3.8, 4) is 5.75 Å². The molecular weight excluding hydrogens is 446 g/mol. The van der Waals surface area contributed by atoms with Crippen LogP contribution in [-0.4, -0.2) is 38.6 Å². The van der Waals surface area contributed by atoms with Crippen molar-refractivity contribution in [2.45, 2.75) is 24.3 Å². The van der Waals surface area contributed by atoms with Crippen LogP contribution >= 0.6 is 0 Å². The summed E-state index contributed by atoms with van der Waals surface area (Å²) >= 11 is 0. The van der Waals surface area contributed by atoms with Gasteiger partial charge in [0.05, 0.1) is 10.4 Å². The summed E-state index contributed by atoms with van der Waals surface area (Å²) in [5.41, 5.74) is 1.91. The van der Waals surface area contributed by atoms with Crippen LogP contribution in [0.4, 0.5) is 0 Å². The van der Waals surface area contributed by atoms with Gasteiger partial charge in [0.1, 0.15) is 12.4 Å². The zero-order valence-corrected chi connectivity index (χ0v) is 20.0. The van der Waals surface area contributed by atoms with Crippen molar-refractivity contribution >= 4 is 20.9 Å². The number of benzene rings is 3. The molecule has 0 unspecified atom stereocenters. The maximum Gasteiger partial charge on any atom is 0.268 e. The lowest BCUT2D eigenvalue weighted by Crippen LogP contribution is -2.23. The third kappa shape index (κ3) is 6.05. The van der Waals surface area contributed by atoms with Gasteiger partial charge in [0, 0.05) is 24.7 Å². The summed E-state index contributed by atoms with van der Waals surface area (Å²) in [5.74, 6) is 0.687. The normalized spacial score (nSPS) is 11.6. The first kappa shape index (κ1) is 24.0. The molecule has 0 aliphatic heterocycles. The molecule has 0 fully saturated rings. The van der Waals surface area contributed by atoms with Crippen LogP contribution < -0.4 is 15.4 Å². The Kier molecular flexibility index (Phi) is 8.36. The quantitative estimate of drug-likeness (QED) is 0.279. The van der Waals surface area contributed by atoms with Gasteiger partial charge >= 0.3 is 0 Å². The highest BCUT2D eigenvalue weighted by atomic mass is 32.2. The summed E-state index contributed by atoms with van der Waals surface area (Å²) in [6.07, 6.45) is 3.80. The maximum atomic E-state index is 13.0. The number of unbranched alkanes of at least 4 members (excludes halogenated alkanes) is 1. The molecule has 0 bridgehead atoms. The van der Waals surface area contributed by atoms with E-state index >= 15 is 0 Å². The van der Waals surface area contributed by atoms with Gasteiger partial charge in [-0.15, -0.1) is 0 Å². The molecule has 0 amide bonds. The fourth-order valence-electron chi connectivity index (χ4n) is 3.84. The van der Waals surface area contributed by atoms with Crippen molar-refractivity contribution in [2.75, 3.05) is 26.2 Å². The second-order valence-electron chi connectivity index (χ2n) is 8.09. The van der Waals surface area contributed by atoms with Gasteiger partial charge in [0.15, 0.2) is 0 Å². The van der Waals surface area contributed by atoms with Crippen molar-refractivity contribution in [2.24, 2.45) is 0 Å². The minimum absolute atomic E-state index is 0.262. The highest BCUT2D eigenvalue weighted by Crippen LogP contribution is 2.29. The average molecular weight is 478 g/mol. The van der Waals surface area contributed by atoms with Crippen molar-refractivity contribution in [3.63, 3.8) is 0 Å². The predicted molar refractivity (Wildman–Crippen MR) is 137 cm³/mol. The van der Waals surface area contributed by atoms with E-state index in [9.17, 15) is 8.42 Å². The summed E-state index contributed by atoms with van der Waals surface area (Å²) in [4.78, 5) is 0.262. The number of aromatic nitrogens is 1. The first-order valence-corrected chi connectivity index (χ1v) is 13.1. The minimum atomic E-state index is -3.65. The smallest absolute Gasteiger partial charge is 0.268 e. The Labute approximate surface area is 201 Å². The fourth-order valence-corrected chi connectivity index (χ4v) is 5.21. The van der Waals surface area contributed by atoms with Crippen molar-refractivity contribution in [1.82, 2.24) is 14.6 Å². The van der Waals surface area contributed by atoms with Crippen LogP contribution in [0.2, 0.25) is 0 Å². The molecule has 0 radical (unpaired) electrons. The van der Waals surface area contributed by atoms with Crippen LogP contribution in [0.15, 0.2) is 96.0 Å². The maximum absolute atomic E-state index is 13.0. The van der Waals surface area contributed by atoms with Crippen LogP contribution in [0.5, 0.6) is 5.75 Å². The Balaban J connectivity index is 1.20. The molecule has 0 aliphatic rings. The number of hydrogen-bond acceptors (Lipinski definition) is 5. The number of fused-ring (bicyclic) bond motifs is 1. The SMILES string of the molecule is O=S(=O)(c1ccccc1)n1ccc2c(OCCNCCCCNCc3ccccc3)cccc21. The topological polar surface area (TPSA) is 72.4 Å². The number of nitrogens with zero attached hydrogens (tertiary/aromatic N) is 1. The number of nitrogens with one attached hydrogen (secondary N) is 2. The zero-order valence-electron chi connectivity index (χ0n) is 19.2. The van der Waals surface area contributed by atoms with E-state index in [1.54, 1.807) is 48.7 Å². The molecule has 0 saturated carbocycles. The molecule has 7 heteroatoms. The van der Waals surface area contributed by atoms with E-state index in [-0.39, 0.29) is 4.90 Å². The Morgan fingerprint density at radius 1 is 0.735 bits per heavy atom. The lowest BCUT2D eigenvalue weighted by molar-refractivity contribution is 0.317. The van der Waals surface area contributed by atoms with Crippen LogP contribution in [-0.2, 0) is 16.6 Å². The van der Waals surface area contributed by atoms with Gasteiger partial charge in [-0.3, -0.25) is 0 Å². The monoisotopic (exact) mass is 477 g/mol. The summed E-state index contributed by atoms with van der Waals surface area (Å²) < 4.78 is 33.3. The largest absolute Gasteiger partial charge is 0.492 e. The van der Waals surface area contributed by atoms with E-state index in [0.29, 0.717) is 17.9 Å². The Hall–Kier alpha value is -3.13. The molecule has 2 N–H and O–H groups in total. The van der Waals surface area contributed by atoms with Crippen LogP contribution in [0.3, 0.4) is 0 Å². The first-order valence-electron chi connectivity index (χ1n) is 11.6. The molecule has 1 heterocycles. The van der Waals surface area contributed by atoms with Gasteiger partial charge in [-0.2, -0.15) is 0 Å². The van der Waals surface area contributed by atoms with Gasteiger partial charge < -0.3 is 15.4 Å². The second kappa shape index (κ2) is 11.8. The van der Waals surface area contributed by atoms with E-state index in [4.69, 9.17) is 4.74 Å². The van der Waals surface area contributed by atoms with Crippen LogP contribution in [0.1, 0.15) is 18.4 Å². The second-order valence-corrected chi connectivity index (χ2v) is 9.90. The van der Waals surface area contributed by atoms with E-state index in [1.165, 1.54) is 9.54 Å². The lowest BCUT2D eigenvalue weighted by atomic mass is 10.2. The summed E-state index contributed by atoms with van der Waals surface area (Å²) in [6, 6.07) is 26.2. The standard InChI is InChI=1S/C27H31N3O3S/c31-34(32,24-12-5-2-6-13-24)30-20-16-25-26(30)14-9-15-27(25)33-21-19-28-17-7-8-18-29-22-23-10-3-1-4-11-23/h1-6,9-16,20,28-29H,7-8,17-19,21-22H2. The number of ether oxygens (including phenoxy) is 1. The zero-order chi connectivity index (χ0) is 23.6. The molecule has 0 atom stereocenters. The summed E-state index contributed by atoms with van der Waals surface area (Å²) in [5, 5.41) is 7.66. The van der Waals surface area contributed by atoms with Gasteiger partial charge in [0.25, 0.3) is 10.0 Å². The average Bonchev–Trinajstić information content (AvgIpc) is 3.32. The first-order chi connectivity index (χ1) is 16.7. The highest BCUT2D eigenvalue weighted by molar-refractivity contribution is 7.90. The van der Waals surface area contributed by atoms with Gasteiger partial charge in [-0.05, 0) is 61.8 Å². The molecule has 178 valence electrons. The number of hydrogen-bond donors (Lipinski definition) is 2. The lowest BCUT2D eigenvalue weighted by Gasteiger charge is -2.10. The third-order valence-corrected chi connectivity index (χ3v) is 7.33. The molecule has 3 aromatic carbocycles. The van der Waals surface area contributed by atoms with Crippen molar-refractivity contribution in [1.29, 1.82) is 0 Å². The number of rotatable bonds is 13. The molecular formula is C27H31N3O3S. The van der Waals surface area contributed by atoms with Crippen LogP contribution in [0.25, 0.3) is 10.9 Å². The van der Waals surface area contributed by atoms with E-state index in [0.717, 1.165) is 44.4 Å². The highest BCUT2D eigenvalue weighted by Gasteiger charge is 2.19. The van der Waals surface area contributed by atoms with E-state index in [1.807, 2.05) is 18.2 Å². The van der Waals surface area contributed by atoms with E-state index in [2.05, 4.69) is 34.9 Å². The molecule has 4 aromatic rings. The Morgan fingerprint density at radius 3 is 2.21 bits per heavy atom. The summed E-state index contributed by atoms with van der Waals surface area (Å²) in [7, 11) is -3.65. The Bertz CT molecular complexity index is 1270. The van der Waals surface area contributed by atoms with Crippen molar-refractivity contribution in [3.05, 3.63) is 96.7 Å². The molecule has 0 saturated heterocycles. The molecule has 34 heavy (non-hydrogen) atoms. The molecule has 4 rings (SSSR count). The van der Waals surface area contributed by atoms with Gasteiger partial charge in [-0.25, -0.2) is 12.4 Å². The van der Waals surface area contributed by atoms with Gasteiger partial charge in [0.2, 0.25) is 0 Å². The fraction of sp³-hybridized carbons (Fsp3) is 0.259. The predicted octanol–water partition coefficient (Wildman–Crippen LogP) is 4.42. The molecule has 0 aliphatic carbocycles. The van der Waals surface area contributed by atoms with Crippen LogP contribution in [0, 0.1) is 0 Å². The minimum Gasteiger partial charge on any atom is -0.492 e. The Morgan fingerprint density at radius 2 is 1.44 bits per heavy atom. The van der Waals surface area contributed by atoms with Gasteiger partial charge in [-0.1, -0.05) is 54.6 Å². The molecule has 1 aromatic heterocycles.